The van der Waals surface area contributed by atoms with E-state index in [1.54, 1.807) is 0 Å². The predicted molar refractivity (Wildman–Crippen MR) is 52.8 cm³/mol. The van der Waals surface area contributed by atoms with Gasteiger partial charge >= 0.3 is 0 Å². The second kappa shape index (κ2) is 3.79. The molecule has 1 saturated carbocycles. The largest absolute Gasteiger partial charge is 0.396 e. The van der Waals surface area contributed by atoms with Crippen molar-refractivity contribution in [3.05, 3.63) is 36.2 Å². The third-order valence-corrected chi connectivity index (χ3v) is 2.68. The molecule has 0 unspecified atom stereocenters. The molecule has 1 heterocycles. The zero-order valence-corrected chi connectivity index (χ0v) is 7.61. The number of aliphatic hydroxyl groups is 1. The average Bonchev–Trinajstić information content (AvgIpc) is 2.12. The standard InChI is InChI=1S/C11H15NO/c13-8-10-5-9(6-10)7-11-3-1-2-4-12-11/h1-4,7,9-10,12-13H,5-6,8H2. The van der Waals surface area contributed by atoms with Crippen LogP contribution in [0.3, 0.4) is 0 Å². The maximum atomic E-state index is 8.85. The van der Waals surface area contributed by atoms with E-state index in [1.807, 2.05) is 18.4 Å². The van der Waals surface area contributed by atoms with Gasteiger partial charge in [0.1, 0.15) is 0 Å². The summed E-state index contributed by atoms with van der Waals surface area (Å²) >= 11 is 0. The van der Waals surface area contributed by atoms with E-state index in [0.29, 0.717) is 18.4 Å². The molecule has 0 aromatic rings. The molecule has 1 aliphatic heterocycles. The molecule has 0 aromatic heterocycles. The molecular formula is C11H15NO. The van der Waals surface area contributed by atoms with Crippen molar-refractivity contribution in [1.82, 2.24) is 5.32 Å². The highest BCUT2D eigenvalue weighted by Crippen LogP contribution is 2.34. The SMILES string of the molecule is OCC1CC(C=C2C=CC=CN2)C1. The molecule has 2 rings (SSSR count). The van der Waals surface area contributed by atoms with E-state index in [4.69, 9.17) is 5.11 Å². The lowest BCUT2D eigenvalue weighted by atomic mass is 9.75. The fourth-order valence-electron chi connectivity index (χ4n) is 1.84. The molecule has 0 saturated heterocycles. The molecule has 2 N–H and O–H groups in total. The lowest BCUT2D eigenvalue weighted by molar-refractivity contribution is 0.130. The fourth-order valence-corrected chi connectivity index (χ4v) is 1.84. The first kappa shape index (κ1) is 8.57. The maximum Gasteiger partial charge on any atom is 0.0459 e. The van der Waals surface area contributed by atoms with Crippen molar-refractivity contribution in [1.29, 1.82) is 0 Å². The van der Waals surface area contributed by atoms with Crippen LogP contribution in [0.4, 0.5) is 0 Å². The Morgan fingerprint density at radius 1 is 1.46 bits per heavy atom. The van der Waals surface area contributed by atoms with Gasteiger partial charge in [0.15, 0.2) is 0 Å². The van der Waals surface area contributed by atoms with Gasteiger partial charge in [0.05, 0.1) is 0 Å². The average molecular weight is 177 g/mol. The number of rotatable bonds is 2. The first-order valence-corrected chi connectivity index (χ1v) is 4.81. The second-order valence-corrected chi connectivity index (χ2v) is 3.76. The lowest BCUT2D eigenvalue weighted by Gasteiger charge is -2.32. The van der Waals surface area contributed by atoms with Crippen LogP contribution in [0.15, 0.2) is 36.2 Å². The van der Waals surface area contributed by atoms with Crippen molar-refractivity contribution in [2.75, 3.05) is 6.61 Å². The molecule has 70 valence electrons. The summed E-state index contributed by atoms with van der Waals surface area (Å²) in [7, 11) is 0. The highest BCUT2D eigenvalue weighted by atomic mass is 16.3. The summed E-state index contributed by atoms with van der Waals surface area (Å²) in [4.78, 5) is 0. The molecule has 0 spiro atoms. The molecule has 1 fully saturated rings. The Hall–Kier alpha value is -1.02. The van der Waals surface area contributed by atoms with Crippen molar-refractivity contribution in [3.8, 4) is 0 Å². The van der Waals surface area contributed by atoms with Crippen LogP contribution < -0.4 is 5.32 Å². The van der Waals surface area contributed by atoms with E-state index in [9.17, 15) is 0 Å². The molecule has 2 aliphatic rings. The molecule has 0 amide bonds. The molecule has 13 heavy (non-hydrogen) atoms. The van der Waals surface area contributed by atoms with Gasteiger partial charge in [-0.25, -0.2) is 0 Å². The summed E-state index contributed by atoms with van der Waals surface area (Å²) in [6, 6.07) is 0. The quantitative estimate of drug-likeness (QED) is 0.671. The van der Waals surface area contributed by atoms with Gasteiger partial charge < -0.3 is 10.4 Å². The second-order valence-electron chi connectivity index (χ2n) is 3.76. The van der Waals surface area contributed by atoms with Gasteiger partial charge in [-0.15, -0.1) is 0 Å². The van der Waals surface area contributed by atoms with Crippen LogP contribution >= 0.6 is 0 Å². The van der Waals surface area contributed by atoms with Crippen LogP contribution in [-0.2, 0) is 0 Å². The van der Waals surface area contributed by atoms with Gasteiger partial charge in [-0.1, -0.05) is 12.2 Å². The first-order chi connectivity index (χ1) is 6.38. The summed E-state index contributed by atoms with van der Waals surface area (Å²) in [5.74, 6) is 1.21. The predicted octanol–water partition coefficient (Wildman–Crippen LogP) is 1.56. The normalized spacial score (nSPS) is 34.4. The van der Waals surface area contributed by atoms with E-state index >= 15 is 0 Å². The molecule has 0 bridgehead atoms. The molecular weight excluding hydrogens is 162 g/mol. The highest BCUT2D eigenvalue weighted by Gasteiger charge is 2.26. The Bertz CT molecular complexity index is 259. The third kappa shape index (κ3) is 2.01. The Morgan fingerprint density at radius 2 is 2.31 bits per heavy atom. The van der Waals surface area contributed by atoms with Crippen LogP contribution in [0.25, 0.3) is 0 Å². The summed E-state index contributed by atoms with van der Waals surface area (Å²) in [6.45, 7) is 0.350. The Morgan fingerprint density at radius 3 is 2.92 bits per heavy atom. The van der Waals surface area contributed by atoms with E-state index < -0.39 is 0 Å². The van der Waals surface area contributed by atoms with Crippen molar-refractivity contribution < 1.29 is 5.11 Å². The van der Waals surface area contributed by atoms with Gasteiger partial charge in [0.2, 0.25) is 0 Å². The Balaban J connectivity index is 1.84. The molecule has 2 nitrogen and oxygen atoms in total. The van der Waals surface area contributed by atoms with E-state index in [2.05, 4.69) is 17.5 Å². The van der Waals surface area contributed by atoms with Crippen LogP contribution in [0.2, 0.25) is 0 Å². The minimum Gasteiger partial charge on any atom is -0.396 e. The molecule has 2 heteroatoms. The zero-order valence-electron chi connectivity index (χ0n) is 7.61. The molecule has 0 radical (unpaired) electrons. The van der Waals surface area contributed by atoms with Gasteiger partial charge in [-0.2, -0.15) is 0 Å². The number of nitrogens with one attached hydrogen (secondary N) is 1. The number of hydrogen-bond donors (Lipinski definition) is 2. The molecule has 0 atom stereocenters. The number of allylic oxidation sites excluding steroid dienone is 4. The van der Waals surface area contributed by atoms with Crippen molar-refractivity contribution >= 4 is 0 Å². The van der Waals surface area contributed by atoms with E-state index in [1.165, 1.54) is 5.70 Å². The number of hydrogen-bond acceptors (Lipinski definition) is 2. The number of dihydropyridines is 1. The summed E-state index contributed by atoms with van der Waals surface area (Å²) in [5.41, 5.74) is 1.18. The lowest BCUT2D eigenvalue weighted by Crippen LogP contribution is -2.25. The van der Waals surface area contributed by atoms with Crippen LogP contribution in [0.1, 0.15) is 12.8 Å². The summed E-state index contributed by atoms with van der Waals surface area (Å²) < 4.78 is 0. The first-order valence-electron chi connectivity index (χ1n) is 4.81. The Labute approximate surface area is 78.7 Å². The van der Waals surface area contributed by atoms with Crippen LogP contribution in [0.5, 0.6) is 0 Å². The third-order valence-electron chi connectivity index (χ3n) is 2.68. The van der Waals surface area contributed by atoms with Gasteiger partial charge in [-0.05, 0) is 36.8 Å². The molecule has 1 aliphatic carbocycles. The minimum absolute atomic E-state index is 0.350. The van der Waals surface area contributed by atoms with Crippen molar-refractivity contribution in [2.24, 2.45) is 11.8 Å². The van der Waals surface area contributed by atoms with Gasteiger partial charge in [-0.3, -0.25) is 0 Å². The Kier molecular flexibility index (Phi) is 2.50. The maximum absolute atomic E-state index is 8.85. The zero-order chi connectivity index (χ0) is 9.10. The van der Waals surface area contributed by atoms with Gasteiger partial charge in [0, 0.05) is 18.5 Å². The van der Waals surface area contributed by atoms with Crippen LogP contribution in [-0.4, -0.2) is 11.7 Å². The number of aliphatic hydroxyl groups excluding tert-OH is 1. The monoisotopic (exact) mass is 177 g/mol. The topological polar surface area (TPSA) is 32.3 Å². The smallest absolute Gasteiger partial charge is 0.0459 e. The highest BCUT2D eigenvalue weighted by molar-refractivity contribution is 5.27. The van der Waals surface area contributed by atoms with Crippen molar-refractivity contribution in [3.63, 3.8) is 0 Å². The minimum atomic E-state index is 0.350. The van der Waals surface area contributed by atoms with Crippen molar-refractivity contribution in [2.45, 2.75) is 12.8 Å². The fraction of sp³-hybridized carbons (Fsp3) is 0.455. The summed E-state index contributed by atoms with van der Waals surface area (Å²) in [6.07, 6.45) is 12.6. The van der Waals surface area contributed by atoms with E-state index in [-0.39, 0.29) is 0 Å². The van der Waals surface area contributed by atoms with E-state index in [0.717, 1.165) is 12.8 Å². The summed E-state index contributed by atoms with van der Waals surface area (Å²) in [5, 5.41) is 12.0. The van der Waals surface area contributed by atoms with Crippen LogP contribution in [0, 0.1) is 11.8 Å². The van der Waals surface area contributed by atoms with Gasteiger partial charge in [0.25, 0.3) is 0 Å². The molecule has 0 aromatic carbocycles.